The van der Waals surface area contributed by atoms with Crippen molar-refractivity contribution in [3.05, 3.63) is 0 Å². The third-order valence-electron chi connectivity index (χ3n) is 9.70. The molecule has 0 aliphatic carbocycles. The predicted molar refractivity (Wildman–Crippen MR) is 234 cm³/mol. The van der Waals surface area contributed by atoms with Gasteiger partial charge >= 0.3 is 23.9 Å². The van der Waals surface area contributed by atoms with Crippen molar-refractivity contribution >= 4 is 47.5 Å². The molecule has 18 nitrogen and oxygen atoms in total. The van der Waals surface area contributed by atoms with Gasteiger partial charge < -0.3 is 51.7 Å². The molecule has 0 heterocycles. The van der Waals surface area contributed by atoms with Gasteiger partial charge in [0.05, 0.1) is 64.2 Å². The van der Waals surface area contributed by atoms with Crippen LogP contribution in [0.25, 0.3) is 0 Å². The molecule has 0 aliphatic rings. The second kappa shape index (κ2) is 38.4. The van der Waals surface area contributed by atoms with Gasteiger partial charge in [0.1, 0.15) is 12.1 Å². The Bertz CT molecular complexity index is 1210. The van der Waals surface area contributed by atoms with Crippen LogP contribution in [0.2, 0.25) is 0 Å². The number of hydrogen-bond acceptors (Lipinski definition) is 14. The Morgan fingerprint density at radius 2 is 0.629 bits per heavy atom. The lowest BCUT2D eigenvalue weighted by molar-refractivity contribution is -0.147. The first kappa shape index (κ1) is 57.7. The second-order valence-corrected chi connectivity index (χ2v) is 15.6. The highest BCUT2D eigenvalue weighted by Gasteiger charge is 2.29. The summed E-state index contributed by atoms with van der Waals surface area (Å²) in [5.74, 6) is -5.01. The number of ether oxygens (including phenoxy) is 4. The Hall–Kier alpha value is -4.32. The van der Waals surface area contributed by atoms with E-state index in [1.165, 1.54) is 0 Å². The highest BCUT2D eigenvalue weighted by Crippen LogP contribution is 2.11. The van der Waals surface area contributed by atoms with Crippen LogP contribution in [-0.4, -0.2) is 111 Å². The number of nitrogens with two attached hydrogens (primary N) is 2. The molecule has 0 aromatic carbocycles. The quantitative estimate of drug-likeness (QED) is 0.0292. The largest absolute Gasteiger partial charge is 0.466 e. The first-order valence-electron chi connectivity index (χ1n) is 23.1. The fraction of sp³-hybridized carbons (Fsp3) is 0.818. The van der Waals surface area contributed by atoms with Gasteiger partial charge in [0.2, 0.25) is 23.6 Å². The molecule has 4 atom stereocenters. The minimum atomic E-state index is -1.24. The lowest BCUT2D eigenvalue weighted by atomic mass is 10.1. The summed E-state index contributed by atoms with van der Waals surface area (Å²) in [6.07, 6.45) is 14.0. The third-order valence-corrected chi connectivity index (χ3v) is 9.70. The lowest BCUT2D eigenvalue weighted by Gasteiger charge is -2.20. The summed E-state index contributed by atoms with van der Waals surface area (Å²) in [4.78, 5) is 100. The van der Waals surface area contributed by atoms with Gasteiger partial charge in [-0.1, -0.05) is 105 Å². The standard InChI is InChI=1S/C44H80N6O12/c1-5-9-25-59-37(51)29-33(45)41(55)49-35(31-39(53)61-27-11-7-3)43(57)47-23-21-19-17-15-13-14-16-18-20-22-24-48-44(58)36(32-40(54)62-28-12-8-4)50-42(56)34(46)30-38(52)60-26-10-6-2/h33-36H,5-32,45-46H2,1-4H3,(H,47,57)(H,48,58)(H,49,55)(H,50,56)/t33-,34-,35-,36-/m0/s1. The number of carbonyl (C=O) groups is 8. The maximum absolute atomic E-state index is 13.0. The predicted octanol–water partition coefficient (Wildman–Crippen LogP) is 3.68. The van der Waals surface area contributed by atoms with Gasteiger partial charge in [-0.2, -0.15) is 0 Å². The van der Waals surface area contributed by atoms with Crippen molar-refractivity contribution in [2.45, 2.75) is 193 Å². The van der Waals surface area contributed by atoms with E-state index in [1.807, 2.05) is 27.7 Å². The number of amides is 4. The fourth-order valence-electron chi connectivity index (χ4n) is 5.74. The smallest absolute Gasteiger partial charge is 0.308 e. The van der Waals surface area contributed by atoms with Gasteiger partial charge in [0, 0.05) is 13.1 Å². The van der Waals surface area contributed by atoms with E-state index in [4.69, 9.17) is 30.4 Å². The van der Waals surface area contributed by atoms with Crippen molar-refractivity contribution in [1.29, 1.82) is 0 Å². The fourth-order valence-corrected chi connectivity index (χ4v) is 5.74. The van der Waals surface area contributed by atoms with Crippen LogP contribution in [0.4, 0.5) is 0 Å². The van der Waals surface area contributed by atoms with Crippen molar-refractivity contribution in [1.82, 2.24) is 21.3 Å². The highest BCUT2D eigenvalue weighted by atomic mass is 16.5. The zero-order chi connectivity index (χ0) is 46.4. The number of esters is 4. The van der Waals surface area contributed by atoms with Crippen LogP contribution in [0.15, 0.2) is 0 Å². The molecule has 0 aromatic rings. The third kappa shape index (κ3) is 31.5. The van der Waals surface area contributed by atoms with Crippen LogP contribution in [0, 0.1) is 0 Å². The van der Waals surface area contributed by atoms with E-state index in [0.29, 0.717) is 51.6 Å². The number of carbonyl (C=O) groups excluding carboxylic acids is 8. The SMILES string of the molecule is CCCCOC(=O)C[C@H](NC(=O)[C@@H](N)CC(=O)OCCCC)C(=O)NCCCCCCCCCCCCNC(=O)[C@H](CC(=O)OCCCC)NC(=O)[C@@H](N)CC(=O)OCCCC. The van der Waals surface area contributed by atoms with E-state index in [2.05, 4.69) is 21.3 Å². The molecule has 0 aromatic heterocycles. The van der Waals surface area contributed by atoms with Gasteiger partial charge in [-0.15, -0.1) is 0 Å². The van der Waals surface area contributed by atoms with E-state index in [0.717, 1.165) is 77.0 Å². The van der Waals surface area contributed by atoms with Gasteiger partial charge in [0.15, 0.2) is 0 Å². The molecule has 0 aliphatic heterocycles. The maximum Gasteiger partial charge on any atom is 0.308 e. The van der Waals surface area contributed by atoms with Crippen molar-refractivity contribution in [2.75, 3.05) is 39.5 Å². The minimum Gasteiger partial charge on any atom is -0.466 e. The van der Waals surface area contributed by atoms with Crippen LogP contribution in [0.5, 0.6) is 0 Å². The monoisotopic (exact) mass is 885 g/mol. The Balaban J connectivity index is 4.56. The summed E-state index contributed by atoms with van der Waals surface area (Å²) in [5.41, 5.74) is 11.8. The van der Waals surface area contributed by atoms with E-state index < -0.39 is 71.7 Å². The molecule has 0 spiro atoms. The summed E-state index contributed by atoms with van der Waals surface area (Å²) >= 11 is 0. The van der Waals surface area contributed by atoms with Crippen molar-refractivity contribution < 1.29 is 57.3 Å². The van der Waals surface area contributed by atoms with E-state index in [-0.39, 0.29) is 52.1 Å². The molecular formula is C44H80N6O12. The molecule has 0 radical (unpaired) electrons. The highest BCUT2D eigenvalue weighted by molar-refractivity contribution is 5.94. The average molecular weight is 885 g/mol. The zero-order valence-corrected chi connectivity index (χ0v) is 38.2. The minimum absolute atomic E-state index is 0.213. The summed E-state index contributed by atoms with van der Waals surface area (Å²) in [6.45, 7) is 9.44. The molecule has 8 N–H and O–H groups in total. The Kier molecular flexibility index (Phi) is 35.7. The second-order valence-electron chi connectivity index (χ2n) is 15.6. The van der Waals surface area contributed by atoms with E-state index >= 15 is 0 Å². The van der Waals surface area contributed by atoms with Crippen LogP contribution in [0.3, 0.4) is 0 Å². The Morgan fingerprint density at radius 1 is 0.371 bits per heavy atom. The molecule has 0 bridgehead atoms. The van der Waals surface area contributed by atoms with Gasteiger partial charge in [-0.25, -0.2) is 0 Å². The summed E-state index contributed by atoms with van der Waals surface area (Å²) in [5, 5.41) is 10.6. The molecule has 0 saturated heterocycles. The first-order chi connectivity index (χ1) is 29.8. The Morgan fingerprint density at radius 3 is 0.903 bits per heavy atom. The van der Waals surface area contributed by atoms with Gasteiger partial charge in [-0.3, -0.25) is 38.4 Å². The number of rotatable bonds is 39. The summed E-state index contributed by atoms with van der Waals surface area (Å²) < 4.78 is 20.5. The van der Waals surface area contributed by atoms with Crippen LogP contribution < -0.4 is 32.7 Å². The van der Waals surface area contributed by atoms with Crippen LogP contribution in [-0.2, 0) is 57.3 Å². The van der Waals surface area contributed by atoms with E-state index in [1.54, 1.807) is 0 Å². The average Bonchev–Trinajstić information content (AvgIpc) is 3.23. The Labute approximate surface area is 369 Å². The molecule has 18 heteroatoms. The molecule has 0 fully saturated rings. The van der Waals surface area contributed by atoms with E-state index in [9.17, 15) is 38.4 Å². The number of hydrogen-bond donors (Lipinski definition) is 6. The van der Waals surface area contributed by atoms with Gasteiger partial charge in [0.25, 0.3) is 0 Å². The van der Waals surface area contributed by atoms with Crippen LogP contribution >= 0.6 is 0 Å². The molecule has 0 saturated carbocycles. The molecule has 358 valence electrons. The number of nitrogens with one attached hydrogen (secondary N) is 4. The zero-order valence-electron chi connectivity index (χ0n) is 38.2. The summed E-state index contributed by atoms with van der Waals surface area (Å²) in [6, 6.07) is -4.88. The topological polar surface area (TPSA) is 274 Å². The molecule has 62 heavy (non-hydrogen) atoms. The van der Waals surface area contributed by atoms with Crippen LogP contribution in [0.1, 0.15) is 169 Å². The molecule has 4 amide bonds. The number of unbranched alkanes of at least 4 members (excludes halogenated alkanes) is 13. The van der Waals surface area contributed by atoms with Crippen molar-refractivity contribution in [3.63, 3.8) is 0 Å². The summed E-state index contributed by atoms with van der Waals surface area (Å²) in [7, 11) is 0. The molecular weight excluding hydrogens is 805 g/mol. The molecule has 0 rings (SSSR count). The lowest BCUT2D eigenvalue weighted by Crippen LogP contribution is -2.53. The first-order valence-corrected chi connectivity index (χ1v) is 23.1. The normalized spacial score (nSPS) is 12.8. The van der Waals surface area contributed by atoms with Crippen molar-refractivity contribution in [3.8, 4) is 0 Å². The van der Waals surface area contributed by atoms with Gasteiger partial charge in [-0.05, 0) is 38.5 Å². The maximum atomic E-state index is 13.0. The molecule has 0 unspecified atom stereocenters. The van der Waals surface area contributed by atoms with Crippen molar-refractivity contribution in [2.24, 2.45) is 11.5 Å².